The van der Waals surface area contributed by atoms with Gasteiger partial charge in [-0.3, -0.25) is 0 Å². The molecule has 1 aromatic rings. The Morgan fingerprint density at radius 1 is 1.07 bits per heavy atom. The zero-order valence-electron chi connectivity index (χ0n) is 9.70. The first-order valence-electron chi connectivity index (χ1n) is 4.95. The summed E-state index contributed by atoms with van der Waals surface area (Å²) in [6, 6.07) is 10.6. The van der Waals surface area contributed by atoms with E-state index in [-0.39, 0.29) is 6.61 Å². The minimum Gasteiger partial charge on any atom is -0.397 e. The Kier molecular flexibility index (Phi) is 6.17. The number of quaternary nitrogens is 1. The van der Waals surface area contributed by atoms with E-state index in [2.05, 4.69) is 51.5 Å². The van der Waals surface area contributed by atoms with Gasteiger partial charge in [-0.2, -0.15) is 0 Å². The molecule has 0 aromatic heterocycles. The Hall–Kier alpha value is -0.860. The third-order valence-corrected chi connectivity index (χ3v) is 1.50. The summed E-state index contributed by atoms with van der Waals surface area (Å²) >= 11 is 0. The molecule has 0 heterocycles. The van der Waals surface area contributed by atoms with E-state index in [0.29, 0.717) is 0 Å². The first kappa shape index (κ1) is 13.1. The molecule has 0 bridgehead atoms. The van der Waals surface area contributed by atoms with Crippen molar-refractivity contribution in [3.63, 3.8) is 0 Å². The van der Waals surface area contributed by atoms with E-state index in [0.717, 1.165) is 11.0 Å². The van der Waals surface area contributed by atoms with Crippen molar-refractivity contribution in [3.05, 3.63) is 35.9 Å². The molecule has 1 rings (SSSR count). The van der Waals surface area contributed by atoms with Gasteiger partial charge >= 0.3 is 0 Å². The first-order chi connectivity index (χ1) is 6.49. The minimum atomic E-state index is 0.250. The minimum absolute atomic E-state index is 0.250. The van der Waals surface area contributed by atoms with Gasteiger partial charge in [-0.15, -0.1) is 0 Å². The van der Waals surface area contributed by atoms with Gasteiger partial charge in [0.05, 0.1) is 21.1 Å². The summed E-state index contributed by atoms with van der Waals surface area (Å²) in [6.45, 7) is 3.03. The Bertz CT molecular complexity index is 226. The maximum absolute atomic E-state index is 7.57. The van der Waals surface area contributed by atoms with Gasteiger partial charge in [-0.25, -0.2) is 0 Å². The van der Waals surface area contributed by atoms with E-state index in [1.165, 1.54) is 5.56 Å². The summed E-state index contributed by atoms with van der Waals surface area (Å²) in [5.41, 5.74) is 1.40. The standard InChI is InChI=1S/C10H16N.C2H6O/c1-11(2,3)9-10-7-5-4-6-8-10;1-2-3/h4-8H,9H2,1-3H3;3H,2H2,1H3/q+1;. The Labute approximate surface area is 87.4 Å². The van der Waals surface area contributed by atoms with Crippen LogP contribution in [0.25, 0.3) is 0 Å². The van der Waals surface area contributed by atoms with Crippen LogP contribution in [-0.4, -0.2) is 37.3 Å². The zero-order chi connectivity index (χ0) is 11.0. The molecular formula is C12H22NO+. The number of rotatable bonds is 2. The topological polar surface area (TPSA) is 20.2 Å². The third kappa shape index (κ3) is 7.77. The fourth-order valence-electron chi connectivity index (χ4n) is 1.13. The van der Waals surface area contributed by atoms with Crippen molar-refractivity contribution in [1.29, 1.82) is 0 Å². The number of benzene rings is 1. The van der Waals surface area contributed by atoms with E-state index in [9.17, 15) is 0 Å². The monoisotopic (exact) mass is 196 g/mol. The van der Waals surface area contributed by atoms with Gasteiger partial charge in [0.2, 0.25) is 0 Å². The summed E-state index contributed by atoms with van der Waals surface area (Å²) in [6.07, 6.45) is 0. The maximum Gasteiger partial charge on any atom is 0.104 e. The van der Waals surface area contributed by atoms with Crippen molar-refractivity contribution < 1.29 is 9.59 Å². The third-order valence-electron chi connectivity index (χ3n) is 1.50. The van der Waals surface area contributed by atoms with E-state index in [1.54, 1.807) is 6.92 Å². The molecule has 0 fully saturated rings. The van der Waals surface area contributed by atoms with Crippen LogP contribution < -0.4 is 0 Å². The van der Waals surface area contributed by atoms with Crippen molar-refractivity contribution in [1.82, 2.24) is 0 Å². The van der Waals surface area contributed by atoms with Gasteiger partial charge in [-0.1, -0.05) is 30.3 Å². The first-order valence-corrected chi connectivity index (χ1v) is 4.95. The predicted molar refractivity (Wildman–Crippen MR) is 60.9 cm³/mol. The van der Waals surface area contributed by atoms with E-state index in [4.69, 9.17) is 5.11 Å². The second kappa shape index (κ2) is 6.57. The Balaban J connectivity index is 0.000000500. The lowest BCUT2D eigenvalue weighted by Crippen LogP contribution is -2.33. The highest BCUT2D eigenvalue weighted by Gasteiger charge is 2.06. The van der Waals surface area contributed by atoms with Crippen LogP contribution >= 0.6 is 0 Å². The molecule has 0 radical (unpaired) electrons. The summed E-state index contributed by atoms with van der Waals surface area (Å²) in [7, 11) is 6.60. The van der Waals surface area contributed by atoms with Crippen LogP contribution in [-0.2, 0) is 6.54 Å². The molecule has 0 unspecified atom stereocenters. The van der Waals surface area contributed by atoms with E-state index < -0.39 is 0 Å². The Morgan fingerprint density at radius 2 is 1.50 bits per heavy atom. The predicted octanol–water partition coefficient (Wildman–Crippen LogP) is 1.89. The molecule has 1 N–H and O–H groups in total. The van der Waals surface area contributed by atoms with Crippen LogP contribution in [0.1, 0.15) is 12.5 Å². The average Bonchev–Trinajstić information content (AvgIpc) is 2.04. The molecule has 80 valence electrons. The molecule has 1 aromatic carbocycles. The molecular weight excluding hydrogens is 174 g/mol. The SMILES string of the molecule is CCO.C[N+](C)(C)Cc1ccccc1. The molecule has 2 heteroatoms. The van der Waals surface area contributed by atoms with Crippen molar-refractivity contribution in [3.8, 4) is 0 Å². The summed E-state index contributed by atoms with van der Waals surface area (Å²) in [5, 5.41) is 7.57. The fraction of sp³-hybridized carbons (Fsp3) is 0.500. The Morgan fingerprint density at radius 3 is 1.86 bits per heavy atom. The van der Waals surface area contributed by atoms with Crippen molar-refractivity contribution in [2.24, 2.45) is 0 Å². The second-order valence-electron chi connectivity index (χ2n) is 4.25. The number of nitrogens with zero attached hydrogens (tertiary/aromatic N) is 1. The summed E-state index contributed by atoms with van der Waals surface area (Å²) < 4.78 is 0.990. The fourth-order valence-corrected chi connectivity index (χ4v) is 1.13. The molecule has 0 atom stereocenters. The number of aliphatic hydroxyl groups is 1. The van der Waals surface area contributed by atoms with Gasteiger partial charge in [0.15, 0.2) is 0 Å². The van der Waals surface area contributed by atoms with Crippen LogP contribution in [0.3, 0.4) is 0 Å². The molecule has 0 saturated heterocycles. The number of hydrogen-bond acceptors (Lipinski definition) is 1. The lowest BCUT2D eigenvalue weighted by atomic mass is 10.2. The van der Waals surface area contributed by atoms with E-state index >= 15 is 0 Å². The highest BCUT2D eigenvalue weighted by atomic mass is 16.2. The lowest BCUT2D eigenvalue weighted by Gasteiger charge is -2.23. The van der Waals surface area contributed by atoms with Crippen molar-refractivity contribution in [2.45, 2.75) is 13.5 Å². The van der Waals surface area contributed by atoms with Crippen LogP contribution in [0.4, 0.5) is 0 Å². The van der Waals surface area contributed by atoms with Crippen LogP contribution in [0, 0.1) is 0 Å². The van der Waals surface area contributed by atoms with Gasteiger partial charge in [-0.05, 0) is 6.92 Å². The zero-order valence-corrected chi connectivity index (χ0v) is 9.70. The lowest BCUT2D eigenvalue weighted by molar-refractivity contribution is -0.884. The number of aliphatic hydroxyl groups excluding tert-OH is 1. The normalized spacial score (nSPS) is 10.4. The molecule has 2 nitrogen and oxygen atoms in total. The van der Waals surface area contributed by atoms with Gasteiger partial charge < -0.3 is 9.59 Å². The van der Waals surface area contributed by atoms with Crippen molar-refractivity contribution >= 4 is 0 Å². The molecule has 0 aliphatic rings. The smallest absolute Gasteiger partial charge is 0.104 e. The summed E-state index contributed by atoms with van der Waals surface area (Å²) in [5.74, 6) is 0. The molecule has 14 heavy (non-hydrogen) atoms. The van der Waals surface area contributed by atoms with Gasteiger partial charge in [0.1, 0.15) is 6.54 Å². The maximum atomic E-state index is 7.57. The second-order valence-corrected chi connectivity index (χ2v) is 4.25. The molecule has 0 amide bonds. The van der Waals surface area contributed by atoms with Crippen molar-refractivity contribution in [2.75, 3.05) is 27.7 Å². The van der Waals surface area contributed by atoms with Gasteiger partial charge in [0.25, 0.3) is 0 Å². The van der Waals surface area contributed by atoms with Crippen LogP contribution in [0.5, 0.6) is 0 Å². The summed E-state index contributed by atoms with van der Waals surface area (Å²) in [4.78, 5) is 0. The average molecular weight is 196 g/mol. The van der Waals surface area contributed by atoms with E-state index in [1.807, 2.05) is 0 Å². The van der Waals surface area contributed by atoms with Crippen LogP contribution in [0.2, 0.25) is 0 Å². The molecule has 0 spiro atoms. The molecule has 0 aliphatic carbocycles. The van der Waals surface area contributed by atoms with Gasteiger partial charge in [0, 0.05) is 12.2 Å². The van der Waals surface area contributed by atoms with Crippen LogP contribution in [0.15, 0.2) is 30.3 Å². The highest BCUT2D eigenvalue weighted by molar-refractivity contribution is 5.13. The largest absolute Gasteiger partial charge is 0.397 e. The molecule has 0 saturated carbocycles. The highest BCUT2D eigenvalue weighted by Crippen LogP contribution is 2.04. The number of hydrogen-bond donors (Lipinski definition) is 1. The molecule has 0 aliphatic heterocycles. The quantitative estimate of drug-likeness (QED) is 0.716.